The Morgan fingerprint density at radius 2 is 2.23 bits per heavy atom. The SMILES string of the molecule is CNCCC1=CNC2C=CC=CC12. The Morgan fingerprint density at radius 1 is 1.38 bits per heavy atom. The van der Waals surface area contributed by atoms with Gasteiger partial charge in [0, 0.05) is 5.92 Å². The molecule has 0 aromatic heterocycles. The van der Waals surface area contributed by atoms with E-state index in [0.29, 0.717) is 12.0 Å². The maximum atomic E-state index is 3.39. The summed E-state index contributed by atoms with van der Waals surface area (Å²) in [5.41, 5.74) is 1.51. The van der Waals surface area contributed by atoms with Crippen molar-refractivity contribution >= 4 is 0 Å². The minimum absolute atomic E-state index is 0.511. The summed E-state index contributed by atoms with van der Waals surface area (Å²) in [5.74, 6) is 0.596. The van der Waals surface area contributed by atoms with Gasteiger partial charge in [-0.3, -0.25) is 0 Å². The lowest BCUT2D eigenvalue weighted by molar-refractivity contribution is 0.611. The van der Waals surface area contributed by atoms with Crippen LogP contribution in [0, 0.1) is 5.92 Å². The second kappa shape index (κ2) is 3.79. The molecule has 0 radical (unpaired) electrons. The van der Waals surface area contributed by atoms with Crippen molar-refractivity contribution in [2.24, 2.45) is 5.92 Å². The molecule has 1 aliphatic heterocycles. The number of hydrogen-bond acceptors (Lipinski definition) is 2. The molecule has 70 valence electrons. The molecule has 2 nitrogen and oxygen atoms in total. The van der Waals surface area contributed by atoms with Crippen molar-refractivity contribution in [2.45, 2.75) is 12.5 Å². The van der Waals surface area contributed by atoms with E-state index in [9.17, 15) is 0 Å². The zero-order valence-corrected chi connectivity index (χ0v) is 7.96. The first-order chi connectivity index (χ1) is 6.42. The lowest BCUT2D eigenvalue weighted by Gasteiger charge is -2.18. The molecule has 1 aliphatic carbocycles. The molecular formula is C11H16N2. The molecule has 0 bridgehead atoms. The van der Waals surface area contributed by atoms with Crippen LogP contribution in [0.2, 0.25) is 0 Å². The van der Waals surface area contributed by atoms with Gasteiger partial charge in [0.1, 0.15) is 0 Å². The van der Waals surface area contributed by atoms with E-state index in [-0.39, 0.29) is 0 Å². The van der Waals surface area contributed by atoms with Crippen LogP contribution in [-0.4, -0.2) is 19.6 Å². The summed E-state index contributed by atoms with van der Waals surface area (Å²) < 4.78 is 0. The Kier molecular flexibility index (Phi) is 2.50. The van der Waals surface area contributed by atoms with Crippen molar-refractivity contribution < 1.29 is 0 Å². The van der Waals surface area contributed by atoms with Crippen LogP contribution in [0.5, 0.6) is 0 Å². The third-order valence-electron chi connectivity index (χ3n) is 2.69. The molecule has 0 amide bonds. The first-order valence-electron chi connectivity index (χ1n) is 4.86. The van der Waals surface area contributed by atoms with Crippen molar-refractivity contribution in [1.82, 2.24) is 10.6 Å². The van der Waals surface area contributed by atoms with Crippen LogP contribution in [-0.2, 0) is 0 Å². The lowest BCUT2D eigenvalue weighted by atomic mass is 9.90. The van der Waals surface area contributed by atoms with E-state index in [4.69, 9.17) is 0 Å². The third-order valence-corrected chi connectivity index (χ3v) is 2.69. The van der Waals surface area contributed by atoms with Crippen LogP contribution >= 0.6 is 0 Å². The van der Waals surface area contributed by atoms with Gasteiger partial charge in [-0.05, 0) is 31.8 Å². The molecule has 0 saturated carbocycles. The Labute approximate surface area is 79.4 Å². The van der Waals surface area contributed by atoms with Crippen molar-refractivity contribution in [3.63, 3.8) is 0 Å². The minimum Gasteiger partial charge on any atom is -0.384 e. The zero-order chi connectivity index (χ0) is 9.10. The Morgan fingerprint density at radius 3 is 3.08 bits per heavy atom. The van der Waals surface area contributed by atoms with Crippen LogP contribution in [0.1, 0.15) is 6.42 Å². The highest BCUT2D eigenvalue weighted by molar-refractivity contribution is 5.31. The van der Waals surface area contributed by atoms with Crippen LogP contribution in [0.15, 0.2) is 36.1 Å². The molecule has 2 aliphatic rings. The van der Waals surface area contributed by atoms with E-state index >= 15 is 0 Å². The van der Waals surface area contributed by atoms with E-state index in [0.717, 1.165) is 13.0 Å². The summed E-state index contributed by atoms with van der Waals surface area (Å²) in [5, 5.41) is 6.57. The molecule has 2 heteroatoms. The predicted octanol–water partition coefficient (Wildman–Crippen LogP) is 1.19. The maximum Gasteiger partial charge on any atom is 0.0542 e. The normalized spacial score (nSPS) is 29.8. The van der Waals surface area contributed by atoms with Crippen molar-refractivity contribution in [2.75, 3.05) is 13.6 Å². The summed E-state index contributed by atoms with van der Waals surface area (Å²) in [7, 11) is 2.00. The largest absolute Gasteiger partial charge is 0.384 e. The second-order valence-electron chi connectivity index (χ2n) is 3.56. The summed E-state index contributed by atoms with van der Waals surface area (Å²) >= 11 is 0. The van der Waals surface area contributed by atoms with E-state index < -0.39 is 0 Å². The van der Waals surface area contributed by atoms with Gasteiger partial charge in [-0.2, -0.15) is 0 Å². The number of allylic oxidation sites excluding steroid dienone is 2. The van der Waals surface area contributed by atoms with Gasteiger partial charge in [0.2, 0.25) is 0 Å². The fraction of sp³-hybridized carbons (Fsp3) is 0.455. The van der Waals surface area contributed by atoms with E-state index in [1.807, 2.05) is 7.05 Å². The predicted molar refractivity (Wildman–Crippen MR) is 55.3 cm³/mol. The molecule has 0 aromatic carbocycles. The van der Waals surface area contributed by atoms with Gasteiger partial charge in [0.05, 0.1) is 6.04 Å². The summed E-state index contributed by atoms with van der Waals surface area (Å²) in [6.07, 6.45) is 12.1. The van der Waals surface area contributed by atoms with E-state index in [1.54, 1.807) is 0 Å². The molecule has 2 atom stereocenters. The molecule has 0 spiro atoms. The molecule has 0 fully saturated rings. The smallest absolute Gasteiger partial charge is 0.0542 e. The monoisotopic (exact) mass is 176 g/mol. The molecule has 13 heavy (non-hydrogen) atoms. The van der Waals surface area contributed by atoms with E-state index in [1.165, 1.54) is 5.57 Å². The standard InChI is InChI=1S/C11H16N2/c1-12-7-6-9-8-13-11-5-3-2-4-10(9)11/h2-5,8,10-13H,6-7H2,1H3. The van der Waals surface area contributed by atoms with Crippen LogP contribution < -0.4 is 10.6 Å². The summed E-state index contributed by atoms with van der Waals surface area (Å²) in [6.45, 7) is 1.06. The highest BCUT2D eigenvalue weighted by Gasteiger charge is 2.25. The summed E-state index contributed by atoms with van der Waals surface area (Å²) in [4.78, 5) is 0. The fourth-order valence-corrected chi connectivity index (χ4v) is 1.93. The Bertz CT molecular complexity index is 263. The molecule has 0 aromatic rings. The topological polar surface area (TPSA) is 24.1 Å². The third kappa shape index (κ3) is 1.68. The van der Waals surface area contributed by atoms with E-state index in [2.05, 4.69) is 41.1 Å². The second-order valence-corrected chi connectivity index (χ2v) is 3.56. The van der Waals surface area contributed by atoms with Gasteiger partial charge in [0.15, 0.2) is 0 Å². The number of rotatable bonds is 3. The molecule has 2 unspecified atom stereocenters. The fourth-order valence-electron chi connectivity index (χ4n) is 1.93. The zero-order valence-electron chi connectivity index (χ0n) is 7.96. The first-order valence-corrected chi connectivity index (χ1v) is 4.86. The number of hydrogen-bond donors (Lipinski definition) is 2. The highest BCUT2D eigenvalue weighted by Crippen LogP contribution is 2.27. The molecule has 0 saturated heterocycles. The first kappa shape index (κ1) is 8.57. The van der Waals surface area contributed by atoms with Gasteiger partial charge < -0.3 is 10.6 Å². The van der Waals surface area contributed by atoms with Crippen LogP contribution in [0.4, 0.5) is 0 Å². The molecular weight excluding hydrogens is 160 g/mol. The summed E-state index contributed by atoms with van der Waals surface area (Å²) in [6, 6.07) is 0.511. The van der Waals surface area contributed by atoms with Crippen molar-refractivity contribution in [3.05, 3.63) is 36.1 Å². The number of fused-ring (bicyclic) bond motifs is 1. The minimum atomic E-state index is 0.511. The van der Waals surface area contributed by atoms with Gasteiger partial charge in [0.25, 0.3) is 0 Å². The van der Waals surface area contributed by atoms with Gasteiger partial charge in [-0.1, -0.05) is 24.3 Å². The van der Waals surface area contributed by atoms with Gasteiger partial charge in [-0.15, -0.1) is 0 Å². The van der Waals surface area contributed by atoms with Gasteiger partial charge >= 0.3 is 0 Å². The average molecular weight is 176 g/mol. The van der Waals surface area contributed by atoms with Crippen molar-refractivity contribution in [1.29, 1.82) is 0 Å². The lowest BCUT2D eigenvalue weighted by Crippen LogP contribution is -2.25. The van der Waals surface area contributed by atoms with Gasteiger partial charge in [-0.25, -0.2) is 0 Å². The Hall–Kier alpha value is -1.02. The maximum absolute atomic E-state index is 3.39. The molecule has 1 heterocycles. The number of nitrogens with one attached hydrogen (secondary N) is 2. The molecule has 2 rings (SSSR count). The van der Waals surface area contributed by atoms with Crippen molar-refractivity contribution in [3.8, 4) is 0 Å². The Balaban J connectivity index is 1.99. The van der Waals surface area contributed by atoms with Crippen LogP contribution in [0.3, 0.4) is 0 Å². The van der Waals surface area contributed by atoms with Crippen LogP contribution in [0.25, 0.3) is 0 Å². The average Bonchev–Trinajstić information content (AvgIpc) is 2.58. The molecule has 2 N–H and O–H groups in total. The highest BCUT2D eigenvalue weighted by atomic mass is 14.9. The quantitative estimate of drug-likeness (QED) is 0.675.